The topological polar surface area (TPSA) is 142 Å². The van der Waals surface area contributed by atoms with Crippen LogP contribution in [0.15, 0.2) is 15.8 Å². The van der Waals surface area contributed by atoms with Crippen molar-refractivity contribution in [1.29, 1.82) is 0 Å². The van der Waals surface area contributed by atoms with Gasteiger partial charge in [-0.05, 0) is 6.92 Å². The van der Waals surface area contributed by atoms with E-state index in [2.05, 4.69) is 9.51 Å². The summed E-state index contributed by atoms with van der Waals surface area (Å²) in [7, 11) is -4.60. The molecule has 0 spiro atoms. The second-order valence-corrected chi connectivity index (χ2v) is 7.36. The van der Waals surface area contributed by atoms with Gasteiger partial charge in [-0.1, -0.05) is 0 Å². The summed E-state index contributed by atoms with van der Waals surface area (Å²) in [5.41, 5.74) is -0.701. The number of phosphoric acid groups is 1. The Labute approximate surface area is 123 Å². The van der Waals surface area contributed by atoms with Crippen LogP contribution in [0.2, 0.25) is 0 Å². The van der Waals surface area contributed by atoms with E-state index in [1.54, 1.807) is 6.92 Å². The number of hydrogen-bond donors (Lipinski definition) is 4. The Bertz CT molecular complexity index is 681. The van der Waals surface area contributed by atoms with Crippen molar-refractivity contribution in [1.82, 2.24) is 9.55 Å². The van der Waals surface area contributed by atoms with Crippen molar-refractivity contribution in [2.75, 3.05) is 6.61 Å². The Kier molecular flexibility index (Phi) is 4.76. The lowest BCUT2D eigenvalue weighted by atomic mass is 10.2. The van der Waals surface area contributed by atoms with Crippen LogP contribution in [0.5, 0.6) is 0 Å². The number of aliphatic hydroxyl groups excluding tert-OH is 1. The first-order valence-electron chi connectivity index (χ1n) is 6.03. The number of nitrogens with zero attached hydrogens (tertiary/aromatic N) is 1. The fourth-order valence-corrected chi connectivity index (χ4v) is 3.90. The number of hydrogen-bond acceptors (Lipinski definition) is 6. The molecule has 4 N–H and O–H groups in total. The van der Waals surface area contributed by atoms with Gasteiger partial charge in [0.05, 0.1) is 23.3 Å². The highest BCUT2D eigenvalue weighted by atomic mass is 32.2. The Balaban J connectivity index is 2.14. The standard InChI is InChI=1S/C10H15N2O7PS/c1-5-3-12(10(15)11-9(5)14)8-2-6(13)7(21-8)4-19-20(16,17)18/h3,6-8,13H,2,4H2,1H3,(H,11,14,15)(H2,16,17,18). The maximum atomic E-state index is 11.8. The highest BCUT2D eigenvalue weighted by Gasteiger charge is 2.36. The molecule has 0 radical (unpaired) electrons. The van der Waals surface area contributed by atoms with E-state index in [1.807, 2.05) is 0 Å². The van der Waals surface area contributed by atoms with Crippen LogP contribution in [0.4, 0.5) is 0 Å². The molecular weight excluding hydrogens is 323 g/mol. The van der Waals surface area contributed by atoms with Gasteiger partial charge < -0.3 is 14.9 Å². The van der Waals surface area contributed by atoms with E-state index in [0.717, 1.165) is 11.8 Å². The lowest BCUT2D eigenvalue weighted by Gasteiger charge is -2.15. The van der Waals surface area contributed by atoms with Crippen LogP contribution in [-0.2, 0) is 9.09 Å². The van der Waals surface area contributed by atoms with Gasteiger partial charge in [0.1, 0.15) is 0 Å². The molecule has 0 bridgehead atoms. The largest absolute Gasteiger partial charge is 0.469 e. The van der Waals surface area contributed by atoms with Crippen LogP contribution < -0.4 is 11.2 Å². The average Bonchev–Trinajstić information content (AvgIpc) is 2.72. The van der Waals surface area contributed by atoms with Gasteiger partial charge in [-0.3, -0.25) is 18.9 Å². The minimum Gasteiger partial charge on any atom is -0.392 e. The average molecular weight is 338 g/mol. The first-order chi connectivity index (χ1) is 9.67. The van der Waals surface area contributed by atoms with Crippen molar-refractivity contribution in [3.63, 3.8) is 0 Å². The molecule has 3 unspecified atom stereocenters. The molecule has 3 atom stereocenters. The van der Waals surface area contributed by atoms with E-state index in [-0.39, 0.29) is 13.0 Å². The normalized spacial score (nSPS) is 26.2. The Hall–Kier alpha value is -0.900. The Morgan fingerprint density at radius 2 is 2.19 bits per heavy atom. The molecule has 0 aromatic carbocycles. The molecule has 1 saturated heterocycles. The molecule has 9 nitrogen and oxygen atoms in total. The summed E-state index contributed by atoms with van der Waals surface area (Å²) in [6, 6.07) is 0. The molecule has 0 aliphatic carbocycles. The van der Waals surface area contributed by atoms with Crippen molar-refractivity contribution < 1.29 is 24.0 Å². The fraction of sp³-hybridized carbons (Fsp3) is 0.600. The molecule has 1 aromatic rings. The van der Waals surface area contributed by atoms with Gasteiger partial charge in [0, 0.05) is 18.2 Å². The van der Waals surface area contributed by atoms with E-state index in [4.69, 9.17) is 9.79 Å². The summed E-state index contributed by atoms with van der Waals surface area (Å²) in [6.07, 6.45) is 0.744. The number of aryl methyl sites for hydroxylation is 1. The SMILES string of the molecule is Cc1cn(C2CC(O)C(COP(=O)(O)O)S2)c(=O)[nH]c1=O. The van der Waals surface area contributed by atoms with Gasteiger partial charge in [-0.25, -0.2) is 9.36 Å². The number of H-pyrrole nitrogens is 1. The molecule has 21 heavy (non-hydrogen) atoms. The summed E-state index contributed by atoms with van der Waals surface area (Å²) in [5.74, 6) is 0. The number of rotatable bonds is 4. The monoisotopic (exact) mass is 338 g/mol. The Morgan fingerprint density at radius 1 is 1.52 bits per heavy atom. The van der Waals surface area contributed by atoms with Crippen LogP contribution in [0, 0.1) is 6.92 Å². The third-order valence-corrected chi connectivity index (χ3v) is 5.09. The lowest BCUT2D eigenvalue weighted by Crippen LogP contribution is -2.32. The van der Waals surface area contributed by atoms with Crippen molar-refractivity contribution in [2.45, 2.75) is 30.1 Å². The van der Waals surface area contributed by atoms with E-state index in [1.165, 1.54) is 10.8 Å². The van der Waals surface area contributed by atoms with Crippen molar-refractivity contribution in [2.24, 2.45) is 0 Å². The Morgan fingerprint density at radius 3 is 2.81 bits per heavy atom. The molecule has 118 valence electrons. The zero-order valence-electron chi connectivity index (χ0n) is 11.0. The van der Waals surface area contributed by atoms with Crippen LogP contribution in [0.25, 0.3) is 0 Å². The van der Waals surface area contributed by atoms with Crippen LogP contribution in [-0.4, -0.2) is 42.4 Å². The van der Waals surface area contributed by atoms with E-state index in [0.29, 0.717) is 5.56 Å². The molecule has 1 aromatic heterocycles. The molecule has 1 aliphatic heterocycles. The molecule has 11 heteroatoms. The van der Waals surface area contributed by atoms with Crippen LogP contribution in [0.3, 0.4) is 0 Å². The first kappa shape index (κ1) is 16.5. The minimum absolute atomic E-state index is 0.214. The number of aliphatic hydroxyl groups is 1. The first-order valence-corrected chi connectivity index (χ1v) is 8.50. The summed E-state index contributed by atoms with van der Waals surface area (Å²) >= 11 is 1.16. The van der Waals surface area contributed by atoms with Crippen LogP contribution in [0.1, 0.15) is 17.4 Å². The quantitative estimate of drug-likeness (QED) is 0.529. The summed E-state index contributed by atoms with van der Waals surface area (Å²) < 4.78 is 16.3. The fourth-order valence-electron chi connectivity index (χ4n) is 2.01. The summed E-state index contributed by atoms with van der Waals surface area (Å²) in [5, 5.41) is 8.89. The van der Waals surface area contributed by atoms with Crippen LogP contribution >= 0.6 is 19.6 Å². The predicted octanol–water partition coefficient (Wildman–Crippen LogP) is -0.681. The summed E-state index contributed by atoms with van der Waals surface area (Å²) in [6.45, 7) is 1.23. The van der Waals surface area contributed by atoms with Gasteiger partial charge in [0.2, 0.25) is 0 Å². The third kappa shape index (κ3) is 4.06. The molecular formula is C10H15N2O7PS. The molecule has 1 aliphatic rings. The van der Waals surface area contributed by atoms with Gasteiger partial charge in [-0.15, -0.1) is 11.8 Å². The van der Waals surface area contributed by atoms with Gasteiger partial charge in [-0.2, -0.15) is 0 Å². The van der Waals surface area contributed by atoms with Gasteiger partial charge in [0.25, 0.3) is 5.56 Å². The lowest BCUT2D eigenvalue weighted by molar-refractivity contribution is 0.128. The smallest absolute Gasteiger partial charge is 0.392 e. The van der Waals surface area contributed by atoms with Gasteiger partial charge >= 0.3 is 13.5 Å². The maximum absolute atomic E-state index is 11.8. The number of phosphoric ester groups is 1. The highest BCUT2D eigenvalue weighted by molar-refractivity contribution is 8.00. The van der Waals surface area contributed by atoms with Gasteiger partial charge in [0.15, 0.2) is 0 Å². The molecule has 0 saturated carbocycles. The number of aromatic nitrogens is 2. The predicted molar refractivity (Wildman–Crippen MR) is 75.1 cm³/mol. The third-order valence-electron chi connectivity index (χ3n) is 3.07. The number of nitrogens with one attached hydrogen (secondary N) is 1. The zero-order chi connectivity index (χ0) is 15.8. The zero-order valence-corrected chi connectivity index (χ0v) is 12.7. The second kappa shape index (κ2) is 6.07. The molecule has 1 fully saturated rings. The van der Waals surface area contributed by atoms with E-state index in [9.17, 15) is 19.3 Å². The number of thioether (sulfide) groups is 1. The molecule has 2 heterocycles. The minimum atomic E-state index is -4.60. The summed E-state index contributed by atoms with van der Waals surface area (Å²) in [4.78, 5) is 42.6. The molecule has 0 amide bonds. The van der Waals surface area contributed by atoms with Crippen molar-refractivity contribution >= 4 is 19.6 Å². The van der Waals surface area contributed by atoms with Crippen molar-refractivity contribution in [3.8, 4) is 0 Å². The second-order valence-electron chi connectivity index (χ2n) is 4.70. The highest BCUT2D eigenvalue weighted by Crippen LogP contribution is 2.44. The van der Waals surface area contributed by atoms with E-state index >= 15 is 0 Å². The van der Waals surface area contributed by atoms with E-state index < -0.39 is 35.8 Å². The van der Waals surface area contributed by atoms with Crippen molar-refractivity contribution in [3.05, 3.63) is 32.6 Å². The number of aromatic amines is 1. The maximum Gasteiger partial charge on any atom is 0.469 e. The molecule has 2 rings (SSSR count).